The van der Waals surface area contributed by atoms with E-state index in [0.717, 1.165) is 22.7 Å². The predicted octanol–water partition coefficient (Wildman–Crippen LogP) is 1.27. The normalized spacial score (nSPS) is 12.5. The summed E-state index contributed by atoms with van der Waals surface area (Å²) in [5.74, 6) is -2.19. The van der Waals surface area contributed by atoms with Crippen molar-refractivity contribution in [2.75, 3.05) is 20.7 Å². The number of rotatable bonds is 13. The van der Waals surface area contributed by atoms with Crippen LogP contribution >= 0.6 is 0 Å². The maximum Gasteiger partial charge on any atom is 0.328 e. The van der Waals surface area contributed by atoms with Crippen LogP contribution in [0.1, 0.15) is 32.3 Å². The zero-order valence-corrected chi connectivity index (χ0v) is 20.3. The lowest BCUT2D eigenvalue weighted by Crippen LogP contribution is -2.48. The largest absolute Gasteiger partial charge is 0.461 e. The van der Waals surface area contributed by atoms with Crippen molar-refractivity contribution in [2.24, 2.45) is 0 Å². The fourth-order valence-electron chi connectivity index (χ4n) is 3.27. The van der Waals surface area contributed by atoms with Crippen LogP contribution in [0.3, 0.4) is 0 Å². The summed E-state index contributed by atoms with van der Waals surface area (Å²) in [5, 5.41) is 3.50. The number of likely N-dealkylation sites (N-methyl/N-ethyl adjacent to an activating group) is 1. The number of ketones is 1. The number of nitrogens with zero attached hydrogens (tertiary/aromatic N) is 3. The minimum Gasteiger partial charge on any atom is -0.461 e. The highest BCUT2D eigenvalue weighted by Crippen LogP contribution is 2.20. The van der Waals surface area contributed by atoms with E-state index >= 15 is 0 Å². The first-order valence-electron chi connectivity index (χ1n) is 11.2. The molecule has 2 aromatic rings. The van der Waals surface area contributed by atoms with E-state index in [9.17, 15) is 19.2 Å². The maximum absolute atomic E-state index is 13.2. The van der Waals surface area contributed by atoms with Crippen molar-refractivity contribution in [2.45, 2.75) is 51.4 Å². The molecule has 0 aliphatic heterocycles. The summed E-state index contributed by atoms with van der Waals surface area (Å²) in [6.07, 6.45) is 0.865. The predicted molar refractivity (Wildman–Crippen MR) is 128 cm³/mol. The third-order valence-electron chi connectivity index (χ3n) is 5.11. The van der Waals surface area contributed by atoms with E-state index in [1.165, 1.54) is 4.90 Å². The van der Waals surface area contributed by atoms with Gasteiger partial charge in [0.1, 0.15) is 18.8 Å². The second kappa shape index (κ2) is 13.2. The summed E-state index contributed by atoms with van der Waals surface area (Å²) in [5.41, 5.74) is 10.2. The molecule has 188 valence electrons. The van der Waals surface area contributed by atoms with Crippen molar-refractivity contribution in [1.29, 1.82) is 0 Å². The molecule has 0 fully saturated rings. The van der Waals surface area contributed by atoms with E-state index in [1.54, 1.807) is 34.1 Å². The molecular formula is C24H31N5O6. The summed E-state index contributed by atoms with van der Waals surface area (Å²) < 4.78 is 10.9. The first kappa shape index (κ1) is 27.4. The molecule has 0 saturated heterocycles. The van der Waals surface area contributed by atoms with Gasteiger partial charge in [-0.2, -0.15) is 4.79 Å². The third kappa shape index (κ3) is 8.47. The van der Waals surface area contributed by atoms with E-state index in [-0.39, 0.29) is 31.8 Å². The molecule has 1 aromatic carbocycles. The van der Waals surface area contributed by atoms with Crippen molar-refractivity contribution in [3.63, 3.8) is 0 Å². The number of nitrogens with one attached hydrogen (secondary N) is 2. The summed E-state index contributed by atoms with van der Waals surface area (Å²) in [6.45, 7) is 2.99. The molecule has 2 atom stereocenters. The van der Waals surface area contributed by atoms with E-state index in [1.807, 2.05) is 24.3 Å². The number of ether oxygens (including phenoxy) is 2. The van der Waals surface area contributed by atoms with Gasteiger partial charge in [0, 0.05) is 44.0 Å². The van der Waals surface area contributed by atoms with Gasteiger partial charge in [-0.3, -0.25) is 14.4 Å². The Labute approximate surface area is 203 Å². The van der Waals surface area contributed by atoms with Gasteiger partial charge in [0.2, 0.25) is 17.6 Å². The van der Waals surface area contributed by atoms with Gasteiger partial charge >= 0.3 is 12.2 Å². The molecular weight excluding hydrogens is 454 g/mol. The van der Waals surface area contributed by atoms with Crippen LogP contribution in [0.25, 0.3) is 16.4 Å². The third-order valence-corrected chi connectivity index (χ3v) is 5.11. The standard InChI is InChI=1S/C24H31N5O6/c1-15(2)35-24(33)20(10-9-17(30)13-27-25)28-23(32)21(34-14-22(31)29(3)4)11-16-12-26-19-8-6-5-7-18(16)19/h5-8,12-13,15,20-21,26H,9-11,14H2,1-4H3,(H,28,32)/t20-,21-/m0/s1. The Morgan fingerprint density at radius 2 is 1.91 bits per heavy atom. The minimum atomic E-state index is -1.14. The number of hydrogen-bond donors (Lipinski definition) is 2. The fourth-order valence-corrected chi connectivity index (χ4v) is 3.27. The zero-order valence-electron chi connectivity index (χ0n) is 20.3. The molecule has 0 radical (unpaired) electrons. The van der Waals surface area contributed by atoms with Crippen LogP contribution in [0.2, 0.25) is 0 Å². The van der Waals surface area contributed by atoms with Crippen LogP contribution in [0, 0.1) is 0 Å². The van der Waals surface area contributed by atoms with E-state index in [0.29, 0.717) is 0 Å². The Morgan fingerprint density at radius 3 is 2.57 bits per heavy atom. The lowest BCUT2D eigenvalue weighted by molar-refractivity contribution is -0.154. The summed E-state index contributed by atoms with van der Waals surface area (Å²) in [6, 6.07) is 6.41. The zero-order chi connectivity index (χ0) is 26.0. The molecule has 0 saturated carbocycles. The number of benzene rings is 1. The van der Waals surface area contributed by atoms with Crippen LogP contribution in [-0.4, -0.2) is 83.4 Å². The molecule has 11 heteroatoms. The number of aromatic amines is 1. The SMILES string of the molecule is CC(C)OC(=O)[C@H](CCC(=O)C=[N+]=[N-])NC(=O)[C@H](Cc1c[nH]c2ccccc12)OCC(=O)N(C)C. The number of hydrogen-bond acceptors (Lipinski definition) is 6. The van der Waals surface area contributed by atoms with Gasteiger partial charge in [-0.05, 0) is 31.9 Å². The van der Waals surface area contributed by atoms with E-state index < -0.39 is 35.9 Å². The molecule has 0 aliphatic carbocycles. The van der Waals surface area contributed by atoms with Crippen LogP contribution in [0.5, 0.6) is 0 Å². The first-order valence-corrected chi connectivity index (χ1v) is 11.2. The topological polar surface area (TPSA) is 154 Å². The van der Waals surface area contributed by atoms with Crippen molar-refractivity contribution in [1.82, 2.24) is 15.2 Å². The van der Waals surface area contributed by atoms with E-state index in [2.05, 4.69) is 15.1 Å². The summed E-state index contributed by atoms with van der Waals surface area (Å²) >= 11 is 0. The molecule has 0 unspecified atom stereocenters. The highest BCUT2D eigenvalue weighted by Gasteiger charge is 2.29. The Morgan fingerprint density at radius 1 is 1.20 bits per heavy atom. The molecule has 2 N–H and O–H groups in total. The van der Waals surface area contributed by atoms with Crippen LogP contribution in [0.4, 0.5) is 0 Å². The quantitative estimate of drug-likeness (QED) is 0.188. The average Bonchev–Trinajstić information content (AvgIpc) is 3.21. The second-order valence-corrected chi connectivity index (χ2v) is 8.45. The van der Waals surface area contributed by atoms with Crippen molar-refractivity contribution in [3.05, 3.63) is 41.6 Å². The number of para-hydroxylation sites is 1. The maximum atomic E-state index is 13.2. The molecule has 2 amide bonds. The van der Waals surface area contributed by atoms with Gasteiger partial charge in [0.05, 0.1) is 6.10 Å². The number of fused-ring (bicyclic) bond motifs is 1. The van der Waals surface area contributed by atoms with Crippen molar-refractivity contribution >= 4 is 40.7 Å². The summed E-state index contributed by atoms with van der Waals surface area (Å²) in [4.78, 5) is 56.8. The molecule has 1 heterocycles. The van der Waals surface area contributed by atoms with Crippen LogP contribution in [0.15, 0.2) is 30.5 Å². The van der Waals surface area contributed by atoms with Crippen molar-refractivity contribution in [3.8, 4) is 0 Å². The lowest BCUT2D eigenvalue weighted by Gasteiger charge is -2.23. The number of carbonyl (C=O) groups excluding carboxylic acids is 4. The Bertz CT molecular complexity index is 1100. The monoisotopic (exact) mass is 485 g/mol. The van der Waals surface area contributed by atoms with Gasteiger partial charge < -0.3 is 30.2 Å². The molecule has 11 nitrogen and oxygen atoms in total. The van der Waals surface area contributed by atoms with Crippen LogP contribution < -0.4 is 5.32 Å². The average molecular weight is 486 g/mol. The first-order chi connectivity index (χ1) is 16.6. The summed E-state index contributed by atoms with van der Waals surface area (Å²) in [7, 11) is 3.15. The number of carbonyl (C=O) groups is 4. The van der Waals surface area contributed by atoms with Crippen LogP contribution in [-0.2, 0) is 35.1 Å². The molecule has 1 aromatic heterocycles. The van der Waals surface area contributed by atoms with Gasteiger partial charge in [0.25, 0.3) is 0 Å². The Hall–Kier alpha value is -3.82. The molecule has 2 rings (SSSR count). The van der Waals surface area contributed by atoms with Gasteiger partial charge in [-0.1, -0.05) is 18.2 Å². The van der Waals surface area contributed by atoms with E-state index in [4.69, 9.17) is 15.0 Å². The lowest BCUT2D eigenvalue weighted by atomic mass is 10.0. The Kier molecular flexibility index (Phi) is 10.3. The highest BCUT2D eigenvalue weighted by molar-refractivity contribution is 6.25. The smallest absolute Gasteiger partial charge is 0.328 e. The number of amides is 2. The van der Waals surface area contributed by atoms with Gasteiger partial charge in [-0.15, -0.1) is 0 Å². The molecule has 0 aliphatic rings. The number of esters is 1. The number of Topliss-reactive ketones (excluding diaryl/α,β-unsaturated/α-hetero) is 1. The molecule has 0 spiro atoms. The molecule has 35 heavy (non-hydrogen) atoms. The minimum absolute atomic E-state index is 0.0709. The number of aromatic nitrogens is 1. The highest BCUT2D eigenvalue weighted by atomic mass is 16.5. The van der Waals surface area contributed by atoms with Crippen molar-refractivity contribution < 1.29 is 33.4 Å². The molecule has 0 bridgehead atoms. The Balaban J connectivity index is 2.24. The second-order valence-electron chi connectivity index (χ2n) is 8.45. The number of H-pyrrole nitrogens is 1. The van der Waals surface area contributed by atoms with Gasteiger partial charge in [0.15, 0.2) is 0 Å². The fraction of sp³-hybridized carbons (Fsp3) is 0.458. The van der Waals surface area contributed by atoms with Gasteiger partial charge in [-0.25, -0.2) is 4.79 Å².